The van der Waals surface area contributed by atoms with E-state index < -0.39 is 0 Å². The Kier molecular flexibility index (Phi) is 5.94. The molecule has 1 amide bonds. The minimum Gasteiger partial charge on any atom is -0.382 e. The van der Waals surface area contributed by atoms with Gasteiger partial charge in [-0.15, -0.1) is 0 Å². The second-order valence-corrected chi connectivity index (χ2v) is 7.65. The van der Waals surface area contributed by atoms with Gasteiger partial charge in [-0.3, -0.25) is 19.4 Å². The van der Waals surface area contributed by atoms with Gasteiger partial charge in [0.05, 0.1) is 10.9 Å². The quantitative estimate of drug-likeness (QED) is 0.461. The van der Waals surface area contributed by atoms with E-state index in [1.165, 1.54) is 10.5 Å². The van der Waals surface area contributed by atoms with E-state index in [1.807, 2.05) is 13.0 Å². The second-order valence-electron chi connectivity index (χ2n) is 7.65. The Morgan fingerprint density at radius 1 is 1.33 bits per heavy atom. The molecule has 30 heavy (non-hydrogen) atoms. The molecule has 0 aliphatic heterocycles. The van der Waals surface area contributed by atoms with E-state index in [4.69, 9.17) is 10.1 Å². The largest absolute Gasteiger partial charge is 0.382 e. The molecule has 0 saturated heterocycles. The molecule has 0 bridgehead atoms. The summed E-state index contributed by atoms with van der Waals surface area (Å²) in [6.45, 7) is 3.53. The van der Waals surface area contributed by atoms with Gasteiger partial charge < -0.3 is 14.6 Å². The van der Waals surface area contributed by atoms with Gasteiger partial charge in [-0.2, -0.15) is 0 Å². The van der Waals surface area contributed by atoms with Crippen molar-refractivity contribution >= 4 is 22.6 Å². The number of amides is 1. The van der Waals surface area contributed by atoms with Gasteiger partial charge in [0.1, 0.15) is 16.8 Å². The van der Waals surface area contributed by atoms with Gasteiger partial charge in [0.15, 0.2) is 0 Å². The van der Waals surface area contributed by atoms with E-state index in [0.29, 0.717) is 42.9 Å². The average molecular weight is 409 g/mol. The van der Waals surface area contributed by atoms with Crippen LogP contribution in [0, 0.1) is 5.41 Å². The third kappa shape index (κ3) is 3.87. The Morgan fingerprint density at radius 3 is 2.90 bits per heavy atom. The normalized spacial score (nSPS) is 14.6. The van der Waals surface area contributed by atoms with Crippen molar-refractivity contribution < 1.29 is 9.53 Å². The van der Waals surface area contributed by atoms with Crippen LogP contribution < -0.4 is 16.4 Å². The van der Waals surface area contributed by atoms with Crippen molar-refractivity contribution in [3.05, 3.63) is 51.9 Å². The zero-order chi connectivity index (χ0) is 21.1. The number of fused-ring (bicyclic) bond motifs is 2. The van der Waals surface area contributed by atoms with Crippen molar-refractivity contribution in [1.29, 1.82) is 5.41 Å². The molecular formula is C22H27N5O3. The highest BCUT2D eigenvalue weighted by atomic mass is 16.5. The molecule has 0 radical (unpaired) electrons. The number of carbonyl (C=O) groups is 1. The number of nitrogens with zero attached hydrogens (tertiary/aromatic N) is 3. The van der Waals surface area contributed by atoms with Crippen LogP contribution in [0.4, 0.5) is 0 Å². The Hall–Kier alpha value is -3.00. The molecule has 2 N–H and O–H groups in total. The summed E-state index contributed by atoms with van der Waals surface area (Å²) < 4.78 is 8.55. The number of ether oxygens (including phenoxy) is 1. The van der Waals surface area contributed by atoms with Crippen LogP contribution in [0.2, 0.25) is 0 Å². The third-order valence-corrected chi connectivity index (χ3v) is 5.63. The Morgan fingerprint density at radius 2 is 2.13 bits per heavy atom. The molecule has 4 rings (SSSR count). The second kappa shape index (κ2) is 8.79. The maximum Gasteiger partial charge on any atom is 0.267 e. The number of nitrogens with one attached hydrogen (secondary N) is 2. The fraction of sp³-hybridized carbons (Fsp3) is 0.455. The smallest absolute Gasteiger partial charge is 0.267 e. The first kappa shape index (κ1) is 20.3. The van der Waals surface area contributed by atoms with Crippen LogP contribution in [0.5, 0.6) is 0 Å². The van der Waals surface area contributed by atoms with E-state index in [-0.39, 0.29) is 28.6 Å². The van der Waals surface area contributed by atoms with Gasteiger partial charge in [-0.25, -0.2) is 4.98 Å². The first-order valence-corrected chi connectivity index (χ1v) is 10.6. The molecule has 158 valence electrons. The van der Waals surface area contributed by atoms with Gasteiger partial charge in [0.25, 0.3) is 11.5 Å². The Bertz CT molecular complexity index is 1190. The van der Waals surface area contributed by atoms with Crippen LogP contribution in [0.3, 0.4) is 0 Å². The summed E-state index contributed by atoms with van der Waals surface area (Å²) in [4.78, 5) is 30.7. The molecule has 0 aromatic carbocycles. The first-order chi connectivity index (χ1) is 14.6. The van der Waals surface area contributed by atoms with Crippen LogP contribution >= 0.6 is 0 Å². The van der Waals surface area contributed by atoms with E-state index >= 15 is 0 Å². The number of rotatable bonds is 7. The Labute approximate surface area is 174 Å². The molecular weight excluding hydrogens is 382 g/mol. The summed E-state index contributed by atoms with van der Waals surface area (Å²) in [7, 11) is 0. The minimum atomic E-state index is -0.301. The summed E-state index contributed by atoms with van der Waals surface area (Å²) >= 11 is 0. The summed E-state index contributed by atoms with van der Waals surface area (Å²) in [6.07, 6.45) is 6.43. The average Bonchev–Trinajstić information content (AvgIpc) is 3.25. The van der Waals surface area contributed by atoms with Crippen molar-refractivity contribution in [1.82, 2.24) is 19.3 Å². The zero-order valence-electron chi connectivity index (χ0n) is 17.2. The van der Waals surface area contributed by atoms with E-state index in [2.05, 4.69) is 10.3 Å². The van der Waals surface area contributed by atoms with Crippen molar-refractivity contribution in [2.75, 3.05) is 13.2 Å². The molecule has 0 atom stereocenters. The highest BCUT2D eigenvalue weighted by Gasteiger charge is 2.21. The topological polar surface area (TPSA) is 101 Å². The molecule has 0 spiro atoms. The highest BCUT2D eigenvalue weighted by molar-refractivity contribution is 5.97. The van der Waals surface area contributed by atoms with Gasteiger partial charge >= 0.3 is 0 Å². The Balaban J connectivity index is 1.85. The molecule has 8 heteroatoms. The van der Waals surface area contributed by atoms with Crippen LogP contribution in [0.25, 0.3) is 16.7 Å². The highest BCUT2D eigenvalue weighted by Crippen LogP contribution is 2.18. The SMILES string of the molecule is CCOCCCn1c(=N)c(C(=O)NC2CCCC2)cc2c(=O)n3ccccc3nc21. The predicted octanol–water partition coefficient (Wildman–Crippen LogP) is 2.23. The predicted molar refractivity (Wildman–Crippen MR) is 114 cm³/mol. The van der Waals surface area contributed by atoms with Crippen LogP contribution in [0.1, 0.15) is 49.4 Å². The molecule has 3 aromatic heterocycles. The minimum absolute atomic E-state index is 0.0710. The fourth-order valence-electron chi connectivity index (χ4n) is 4.08. The maximum absolute atomic E-state index is 13.1. The maximum atomic E-state index is 13.1. The summed E-state index contributed by atoms with van der Waals surface area (Å²) in [6, 6.07) is 7.00. The van der Waals surface area contributed by atoms with Gasteiger partial charge in [0, 0.05) is 32.0 Å². The zero-order valence-corrected chi connectivity index (χ0v) is 17.2. The first-order valence-electron chi connectivity index (χ1n) is 10.6. The van der Waals surface area contributed by atoms with Crippen molar-refractivity contribution in [2.24, 2.45) is 0 Å². The lowest BCUT2D eigenvalue weighted by Crippen LogP contribution is -2.38. The van der Waals surface area contributed by atoms with Crippen LogP contribution in [-0.4, -0.2) is 39.1 Å². The van der Waals surface area contributed by atoms with E-state index in [1.54, 1.807) is 22.9 Å². The lowest BCUT2D eigenvalue weighted by Gasteiger charge is -2.16. The summed E-state index contributed by atoms with van der Waals surface area (Å²) in [5.74, 6) is -0.301. The number of aryl methyl sites for hydroxylation is 1. The number of carbonyl (C=O) groups excluding carboxylic acids is 1. The number of hydrogen-bond acceptors (Lipinski definition) is 5. The van der Waals surface area contributed by atoms with Crippen molar-refractivity contribution in [3.8, 4) is 0 Å². The standard InChI is InChI=1S/C22H27N5O3/c1-2-30-13-7-12-27-19(23)16(21(28)24-15-8-3-4-9-15)14-17-20(27)25-18-10-5-6-11-26(18)22(17)29/h5-6,10-11,14-15,23H,2-4,7-9,12-13H2,1H3,(H,24,28). The third-order valence-electron chi connectivity index (χ3n) is 5.63. The van der Waals surface area contributed by atoms with Gasteiger partial charge in [0.2, 0.25) is 0 Å². The summed E-state index contributed by atoms with van der Waals surface area (Å²) in [5, 5.41) is 12.1. The molecule has 3 aromatic rings. The van der Waals surface area contributed by atoms with Crippen LogP contribution in [0.15, 0.2) is 35.3 Å². The van der Waals surface area contributed by atoms with Crippen LogP contribution in [-0.2, 0) is 11.3 Å². The number of hydrogen-bond donors (Lipinski definition) is 2. The molecule has 1 aliphatic carbocycles. The van der Waals surface area contributed by atoms with Crippen molar-refractivity contribution in [3.63, 3.8) is 0 Å². The lowest BCUT2D eigenvalue weighted by molar-refractivity contribution is 0.0935. The number of pyridine rings is 2. The fourth-order valence-corrected chi connectivity index (χ4v) is 4.08. The number of aromatic nitrogens is 3. The molecule has 1 aliphatic rings. The monoisotopic (exact) mass is 409 g/mol. The van der Waals surface area contributed by atoms with E-state index in [9.17, 15) is 9.59 Å². The summed E-state index contributed by atoms with van der Waals surface area (Å²) in [5.41, 5.74) is 0.965. The molecule has 1 saturated carbocycles. The molecule has 0 unspecified atom stereocenters. The molecule has 3 heterocycles. The van der Waals surface area contributed by atoms with E-state index in [0.717, 1.165) is 25.7 Å². The lowest BCUT2D eigenvalue weighted by atomic mass is 10.1. The molecule has 1 fully saturated rings. The van der Waals surface area contributed by atoms with Gasteiger partial charge in [-0.05, 0) is 44.4 Å². The van der Waals surface area contributed by atoms with Gasteiger partial charge in [-0.1, -0.05) is 18.9 Å². The van der Waals surface area contributed by atoms with Crippen molar-refractivity contribution in [2.45, 2.75) is 51.6 Å². The molecule has 8 nitrogen and oxygen atoms in total.